The van der Waals surface area contributed by atoms with Gasteiger partial charge in [0.05, 0.1) is 12.6 Å². The summed E-state index contributed by atoms with van der Waals surface area (Å²) in [7, 11) is 0. The molecule has 0 aliphatic carbocycles. The number of aliphatic imine (C=N–C) groups is 1. The van der Waals surface area contributed by atoms with E-state index in [1.165, 1.54) is 18.2 Å². The average molecular weight is 390 g/mol. The van der Waals surface area contributed by atoms with Crippen molar-refractivity contribution in [1.29, 1.82) is 0 Å². The monoisotopic (exact) mass is 390 g/mol. The van der Waals surface area contributed by atoms with Crippen molar-refractivity contribution in [3.63, 3.8) is 0 Å². The minimum Gasteiger partial charge on any atom is -0.386 e. The summed E-state index contributed by atoms with van der Waals surface area (Å²) in [4.78, 5) is 7.64. The number of nitrogens with one attached hydrogen (secondary N) is 2. The van der Waals surface area contributed by atoms with Crippen LogP contribution in [0.3, 0.4) is 0 Å². The first-order valence-corrected chi connectivity index (χ1v) is 8.65. The van der Waals surface area contributed by atoms with E-state index >= 15 is 0 Å². The third-order valence-electron chi connectivity index (χ3n) is 3.29. The van der Waals surface area contributed by atoms with Crippen LogP contribution in [-0.4, -0.2) is 29.1 Å². The minimum absolute atomic E-state index is 0.0154. The first kappa shape index (κ1) is 20.1. The molecule has 1 unspecified atom stereocenters. The predicted octanol–water partition coefficient (Wildman–Crippen LogP) is 3.09. The van der Waals surface area contributed by atoms with Crippen LogP contribution in [-0.2, 0) is 12.7 Å². The second kappa shape index (κ2) is 8.95. The molecule has 0 radical (unpaired) electrons. The summed E-state index contributed by atoms with van der Waals surface area (Å²) in [5, 5.41) is 17.0. The van der Waals surface area contributed by atoms with Gasteiger partial charge in [0.2, 0.25) is 0 Å². The van der Waals surface area contributed by atoms with E-state index in [1.807, 2.05) is 6.92 Å². The lowest BCUT2D eigenvalue weighted by molar-refractivity contribution is -0.140. The fourth-order valence-electron chi connectivity index (χ4n) is 2.05. The van der Waals surface area contributed by atoms with E-state index in [-0.39, 0.29) is 29.6 Å². The molecule has 1 aromatic heterocycles. The molecule has 26 heavy (non-hydrogen) atoms. The SMILES string of the molecule is CCNC(=NCc1nc(C(F)(F)F)cs1)NCC(O)c1ccccc1F. The summed E-state index contributed by atoms with van der Waals surface area (Å²) in [5.74, 6) is -0.238. The lowest BCUT2D eigenvalue weighted by atomic mass is 10.1. The maximum atomic E-state index is 13.6. The zero-order valence-electron chi connectivity index (χ0n) is 13.8. The number of nitrogens with zero attached hydrogens (tertiary/aromatic N) is 2. The molecule has 2 aromatic rings. The van der Waals surface area contributed by atoms with Crippen LogP contribution in [0.25, 0.3) is 0 Å². The van der Waals surface area contributed by atoms with Crippen LogP contribution < -0.4 is 10.6 Å². The highest BCUT2D eigenvalue weighted by molar-refractivity contribution is 7.09. The second-order valence-corrected chi connectivity index (χ2v) is 6.18. The van der Waals surface area contributed by atoms with Gasteiger partial charge in [-0.3, -0.25) is 0 Å². The Bertz CT molecular complexity index is 748. The van der Waals surface area contributed by atoms with Crippen LogP contribution in [0, 0.1) is 5.82 Å². The van der Waals surface area contributed by atoms with Gasteiger partial charge in [-0.05, 0) is 13.0 Å². The van der Waals surface area contributed by atoms with Crippen molar-refractivity contribution in [2.45, 2.75) is 25.7 Å². The number of aromatic nitrogens is 1. The average Bonchev–Trinajstić information content (AvgIpc) is 3.07. The van der Waals surface area contributed by atoms with Crippen LogP contribution >= 0.6 is 11.3 Å². The van der Waals surface area contributed by atoms with Crippen LogP contribution in [0.15, 0.2) is 34.6 Å². The summed E-state index contributed by atoms with van der Waals surface area (Å²) < 4.78 is 51.3. The van der Waals surface area contributed by atoms with E-state index in [2.05, 4.69) is 20.6 Å². The Morgan fingerprint density at radius 3 is 2.65 bits per heavy atom. The molecule has 0 aliphatic heterocycles. The highest BCUT2D eigenvalue weighted by Gasteiger charge is 2.33. The van der Waals surface area contributed by atoms with E-state index in [9.17, 15) is 22.7 Å². The quantitative estimate of drug-likeness (QED) is 0.403. The number of hydrogen-bond acceptors (Lipinski definition) is 4. The number of aliphatic hydroxyl groups is 1. The zero-order chi connectivity index (χ0) is 19.2. The largest absolute Gasteiger partial charge is 0.434 e. The van der Waals surface area contributed by atoms with Crippen LogP contribution in [0.2, 0.25) is 0 Å². The van der Waals surface area contributed by atoms with Gasteiger partial charge < -0.3 is 15.7 Å². The minimum atomic E-state index is -4.48. The van der Waals surface area contributed by atoms with Gasteiger partial charge >= 0.3 is 6.18 Å². The Kier molecular flexibility index (Phi) is 6.92. The lowest BCUT2D eigenvalue weighted by Gasteiger charge is -2.15. The number of guanidine groups is 1. The van der Waals surface area contributed by atoms with E-state index in [0.29, 0.717) is 6.54 Å². The molecule has 0 saturated heterocycles. The zero-order valence-corrected chi connectivity index (χ0v) is 14.7. The molecular weight excluding hydrogens is 372 g/mol. The van der Waals surface area contributed by atoms with Gasteiger partial charge in [-0.15, -0.1) is 11.3 Å². The molecular formula is C16H18F4N4OS. The number of aliphatic hydroxyl groups excluding tert-OH is 1. The molecule has 1 heterocycles. The van der Waals surface area contributed by atoms with Gasteiger partial charge in [-0.2, -0.15) is 13.2 Å². The highest BCUT2D eigenvalue weighted by atomic mass is 32.1. The molecule has 0 saturated carbocycles. The van der Waals surface area contributed by atoms with Gasteiger partial charge in [0.15, 0.2) is 11.7 Å². The van der Waals surface area contributed by atoms with Crippen molar-refractivity contribution in [3.05, 3.63) is 51.7 Å². The molecule has 1 atom stereocenters. The first-order chi connectivity index (χ1) is 12.3. The fraction of sp³-hybridized carbons (Fsp3) is 0.375. The molecule has 142 valence electrons. The Labute approximate surface area is 151 Å². The fourth-order valence-corrected chi connectivity index (χ4v) is 2.77. The molecule has 2 rings (SSSR count). The normalized spacial score (nSPS) is 13.5. The van der Waals surface area contributed by atoms with Crippen molar-refractivity contribution < 1.29 is 22.7 Å². The molecule has 0 fully saturated rings. The van der Waals surface area contributed by atoms with Gasteiger partial charge in [-0.25, -0.2) is 14.4 Å². The third-order valence-corrected chi connectivity index (χ3v) is 4.12. The van der Waals surface area contributed by atoms with Crippen LogP contribution in [0.5, 0.6) is 0 Å². The lowest BCUT2D eigenvalue weighted by Crippen LogP contribution is -2.39. The molecule has 0 aliphatic rings. The second-order valence-electron chi connectivity index (χ2n) is 5.24. The number of rotatable bonds is 6. The highest BCUT2D eigenvalue weighted by Crippen LogP contribution is 2.30. The molecule has 5 nitrogen and oxygen atoms in total. The van der Waals surface area contributed by atoms with E-state index < -0.39 is 23.8 Å². The summed E-state index contributed by atoms with van der Waals surface area (Å²) in [6.45, 7) is 2.26. The predicted molar refractivity (Wildman–Crippen MR) is 91.3 cm³/mol. The standard InChI is InChI=1S/C16H18F4N4OS/c1-2-21-15(22-7-12(25)10-5-3-4-6-11(10)17)23-8-14-24-13(9-26-14)16(18,19)20/h3-6,9,12,25H,2,7-8H2,1H3,(H2,21,22,23). The van der Waals surface area contributed by atoms with E-state index in [0.717, 1.165) is 16.7 Å². The van der Waals surface area contributed by atoms with Crippen molar-refractivity contribution in [3.8, 4) is 0 Å². The summed E-state index contributed by atoms with van der Waals surface area (Å²) in [5.41, 5.74) is -0.800. The van der Waals surface area contributed by atoms with Crippen molar-refractivity contribution in [1.82, 2.24) is 15.6 Å². The number of benzene rings is 1. The number of alkyl halides is 3. The van der Waals surface area contributed by atoms with Gasteiger partial charge in [0.1, 0.15) is 10.8 Å². The summed E-state index contributed by atoms with van der Waals surface area (Å²) in [6, 6.07) is 5.86. The third kappa shape index (κ3) is 5.67. The van der Waals surface area contributed by atoms with E-state index in [1.54, 1.807) is 6.07 Å². The van der Waals surface area contributed by atoms with Crippen molar-refractivity contribution in [2.24, 2.45) is 4.99 Å². The van der Waals surface area contributed by atoms with Gasteiger partial charge in [-0.1, -0.05) is 18.2 Å². The smallest absolute Gasteiger partial charge is 0.386 e. The first-order valence-electron chi connectivity index (χ1n) is 7.77. The van der Waals surface area contributed by atoms with Crippen LogP contribution in [0.4, 0.5) is 17.6 Å². The number of halogens is 4. The molecule has 0 amide bonds. The summed E-state index contributed by atoms with van der Waals surface area (Å²) in [6.07, 6.45) is -5.58. The summed E-state index contributed by atoms with van der Waals surface area (Å²) >= 11 is 0.867. The van der Waals surface area contributed by atoms with Crippen molar-refractivity contribution >= 4 is 17.3 Å². The van der Waals surface area contributed by atoms with Gasteiger partial charge in [0, 0.05) is 24.0 Å². The Hall–Kier alpha value is -2.20. The molecule has 0 bridgehead atoms. The maximum Gasteiger partial charge on any atom is 0.434 e. The Morgan fingerprint density at radius 2 is 2.04 bits per heavy atom. The Balaban J connectivity index is 1.98. The van der Waals surface area contributed by atoms with E-state index in [4.69, 9.17) is 0 Å². The maximum absolute atomic E-state index is 13.6. The Morgan fingerprint density at radius 1 is 1.31 bits per heavy atom. The number of thiazole rings is 1. The van der Waals surface area contributed by atoms with Gasteiger partial charge in [0.25, 0.3) is 0 Å². The van der Waals surface area contributed by atoms with Crippen LogP contribution in [0.1, 0.15) is 29.3 Å². The molecule has 1 aromatic carbocycles. The van der Waals surface area contributed by atoms with Crippen molar-refractivity contribution in [2.75, 3.05) is 13.1 Å². The topological polar surface area (TPSA) is 69.5 Å². The molecule has 0 spiro atoms. The molecule has 10 heteroatoms. The molecule has 3 N–H and O–H groups in total. The number of hydrogen-bond donors (Lipinski definition) is 3.